The second-order valence-corrected chi connectivity index (χ2v) is 5.43. The van der Waals surface area contributed by atoms with Crippen molar-refractivity contribution in [2.24, 2.45) is 5.92 Å². The molecule has 0 spiro atoms. The van der Waals surface area contributed by atoms with Crippen LogP contribution in [0.3, 0.4) is 0 Å². The molecule has 0 bridgehead atoms. The summed E-state index contributed by atoms with van der Waals surface area (Å²) >= 11 is 1.24. The van der Waals surface area contributed by atoms with Gasteiger partial charge in [0, 0.05) is 26.8 Å². The summed E-state index contributed by atoms with van der Waals surface area (Å²) in [5.74, 6) is 0.387. The van der Waals surface area contributed by atoms with Crippen LogP contribution in [0.15, 0.2) is 0 Å². The number of hydrogen-bond acceptors (Lipinski definition) is 7. The molecule has 6 nitrogen and oxygen atoms in total. The van der Waals surface area contributed by atoms with Crippen molar-refractivity contribution in [1.82, 2.24) is 4.37 Å². The molecule has 0 amide bonds. The number of ether oxygens (including phenoxy) is 2. The van der Waals surface area contributed by atoms with Crippen LogP contribution in [-0.4, -0.2) is 44.3 Å². The molecule has 19 heavy (non-hydrogen) atoms. The number of hydrogen-bond donors (Lipinski definition) is 1. The monoisotopic (exact) mass is 285 g/mol. The molecule has 1 fully saturated rings. The maximum Gasteiger partial charge on any atom is 0.344 e. The molecule has 0 unspecified atom stereocenters. The van der Waals surface area contributed by atoms with Gasteiger partial charge in [0.25, 0.3) is 0 Å². The van der Waals surface area contributed by atoms with E-state index >= 15 is 0 Å². The van der Waals surface area contributed by atoms with E-state index in [-0.39, 0.29) is 5.82 Å². The fraction of sp³-hybridized carbons (Fsp3) is 0.667. The van der Waals surface area contributed by atoms with Crippen LogP contribution in [0.5, 0.6) is 0 Å². The van der Waals surface area contributed by atoms with E-state index in [9.17, 15) is 4.79 Å². The van der Waals surface area contributed by atoms with Gasteiger partial charge >= 0.3 is 5.97 Å². The minimum Gasteiger partial charge on any atom is -0.465 e. The lowest BCUT2D eigenvalue weighted by atomic mass is 10.00. The average molecular weight is 285 g/mol. The zero-order chi connectivity index (χ0) is 13.8. The first-order valence-electron chi connectivity index (χ1n) is 6.25. The zero-order valence-electron chi connectivity index (χ0n) is 11.2. The number of aromatic nitrogens is 1. The van der Waals surface area contributed by atoms with Crippen LogP contribution in [0.4, 0.5) is 10.8 Å². The summed E-state index contributed by atoms with van der Waals surface area (Å²) in [5.41, 5.74) is 6.12. The van der Waals surface area contributed by atoms with E-state index in [1.807, 2.05) is 11.9 Å². The third-order valence-corrected chi connectivity index (χ3v) is 4.29. The molecule has 2 heterocycles. The van der Waals surface area contributed by atoms with Crippen molar-refractivity contribution in [1.29, 1.82) is 0 Å². The SMILES string of the molecule is COC(=O)c1c(N)nsc1N(C)CC1CCOCC1. The summed E-state index contributed by atoms with van der Waals surface area (Å²) in [5, 5.41) is 0.774. The largest absolute Gasteiger partial charge is 0.465 e. The third-order valence-electron chi connectivity index (χ3n) is 3.31. The number of methoxy groups -OCH3 is 1. The third kappa shape index (κ3) is 3.16. The lowest BCUT2D eigenvalue weighted by Gasteiger charge is -2.27. The Morgan fingerprint density at radius 1 is 1.58 bits per heavy atom. The maximum atomic E-state index is 11.7. The minimum atomic E-state index is -0.430. The number of rotatable bonds is 4. The van der Waals surface area contributed by atoms with Crippen LogP contribution in [0.1, 0.15) is 23.2 Å². The number of carbonyl (C=O) groups is 1. The van der Waals surface area contributed by atoms with Gasteiger partial charge in [0.2, 0.25) is 0 Å². The van der Waals surface area contributed by atoms with Crippen molar-refractivity contribution in [2.75, 3.05) is 44.5 Å². The van der Waals surface area contributed by atoms with Gasteiger partial charge in [-0.3, -0.25) is 0 Å². The van der Waals surface area contributed by atoms with Crippen molar-refractivity contribution in [3.8, 4) is 0 Å². The standard InChI is InChI=1S/C12H19N3O3S/c1-15(7-8-3-5-18-6-4-8)11-9(12(16)17-2)10(13)14-19-11/h8H,3-7H2,1-2H3,(H2,13,14). The topological polar surface area (TPSA) is 77.7 Å². The van der Waals surface area contributed by atoms with Gasteiger partial charge in [0.1, 0.15) is 10.6 Å². The number of carbonyl (C=O) groups excluding carboxylic acids is 1. The molecule has 1 saturated heterocycles. The molecule has 1 aliphatic heterocycles. The molecule has 0 aromatic carbocycles. The van der Waals surface area contributed by atoms with Gasteiger partial charge < -0.3 is 20.1 Å². The van der Waals surface area contributed by atoms with Crippen molar-refractivity contribution < 1.29 is 14.3 Å². The first kappa shape index (κ1) is 14.1. The molecule has 1 aromatic rings. The second-order valence-electron chi connectivity index (χ2n) is 4.68. The van der Waals surface area contributed by atoms with Gasteiger partial charge in [0.05, 0.1) is 7.11 Å². The van der Waals surface area contributed by atoms with Crippen LogP contribution >= 0.6 is 11.5 Å². The van der Waals surface area contributed by atoms with Crippen molar-refractivity contribution in [3.05, 3.63) is 5.56 Å². The molecule has 106 valence electrons. The van der Waals surface area contributed by atoms with Gasteiger partial charge in [-0.1, -0.05) is 0 Å². The molecule has 0 saturated carbocycles. The first-order chi connectivity index (χ1) is 9.13. The van der Waals surface area contributed by atoms with Crippen molar-refractivity contribution in [2.45, 2.75) is 12.8 Å². The number of nitrogens with two attached hydrogens (primary N) is 1. The summed E-state index contributed by atoms with van der Waals surface area (Å²) in [7, 11) is 3.30. The molecule has 1 aromatic heterocycles. The fourth-order valence-electron chi connectivity index (χ4n) is 2.25. The smallest absolute Gasteiger partial charge is 0.344 e. The average Bonchev–Trinajstić information content (AvgIpc) is 2.81. The van der Waals surface area contributed by atoms with E-state index in [0.717, 1.165) is 37.6 Å². The van der Waals surface area contributed by atoms with E-state index in [1.54, 1.807) is 0 Å². The normalized spacial score (nSPS) is 16.3. The molecule has 2 N–H and O–H groups in total. The Balaban J connectivity index is 2.10. The van der Waals surface area contributed by atoms with Crippen molar-refractivity contribution in [3.63, 3.8) is 0 Å². The summed E-state index contributed by atoms with van der Waals surface area (Å²) in [4.78, 5) is 13.8. The molecule has 2 rings (SSSR count). The highest BCUT2D eigenvalue weighted by atomic mass is 32.1. The molecular weight excluding hydrogens is 266 g/mol. The van der Waals surface area contributed by atoms with E-state index in [4.69, 9.17) is 15.2 Å². The molecule has 0 radical (unpaired) electrons. The highest BCUT2D eigenvalue weighted by Crippen LogP contribution is 2.31. The number of nitrogen functional groups attached to an aromatic ring is 1. The summed E-state index contributed by atoms with van der Waals surface area (Å²) in [6, 6.07) is 0. The Kier molecular flexibility index (Phi) is 4.60. The summed E-state index contributed by atoms with van der Waals surface area (Å²) in [6.45, 7) is 2.50. The van der Waals surface area contributed by atoms with Crippen LogP contribution in [0.25, 0.3) is 0 Å². The van der Waals surface area contributed by atoms with Crippen molar-refractivity contribution >= 4 is 28.3 Å². The number of esters is 1. The van der Waals surface area contributed by atoms with Crippen LogP contribution < -0.4 is 10.6 Å². The zero-order valence-corrected chi connectivity index (χ0v) is 12.0. The Bertz CT molecular complexity index is 443. The predicted molar refractivity (Wildman–Crippen MR) is 74.7 cm³/mol. The van der Waals surface area contributed by atoms with Crippen LogP contribution in [0.2, 0.25) is 0 Å². The van der Waals surface area contributed by atoms with Gasteiger partial charge in [-0.25, -0.2) is 4.79 Å². The van der Waals surface area contributed by atoms with E-state index in [0.29, 0.717) is 11.5 Å². The Morgan fingerprint density at radius 2 is 2.26 bits per heavy atom. The number of nitrogens with zero attached hydrogens (tertiary/aromatic N) is 2. The Labute approximate surface area is 116 Å². The maximum absolute atomic E-state index is 11.7. The Hall–Kier alpha value is -1.34. The molecule has 0 atom stereocenters. The fourth-order valence-corrected chi connectivity index (χ4v) is 3.02. The van der Waals surface area contributed by atoms with Gasteiger partial charge in [-0.2, -0.15) is 4.37 Å². The van der Waals surface area contributed by atoms with E-state index < -0.39 is 5.97 Å². The van der Waals surface area contributed by atoms with Gasteiger partial charge in [-0.05, 0) is 30.3 Å². The van der Waals surface area contributed by atoms with Gasteiger partial charge in [-0.15, -0.1) is 0 Å². The number of anilines is 2. The summed E-state index contributed by atoms with van der Waals surface area (Å²) < 4.78 is 14.2. The second kappa shape index (κ2) is 6.21. The van der Waals surface area contributed by atoms with E-state index in [1.165, 1.54) is 18.6 Å². The minimum absolute atomic E-state index is 0.241. The summed E-state index contributed by atoms with van der Waals surface area (Å²) in [6.07, 6.45) is 2.10. The molecule has 0 aliphatic carbocycles. The Morgan fingerprint density at radius 3 is 2.89 bits per heavy atom. The molecule has 7 heteroatoms. The van der Waals surface area contributed by atoms with Crippen LogP contribution in [0, 0.1) is 5.92 Å². The highest BCUT2D eigenvalue weighted by molar-refractivity contribution is 7.11. The van der Waals surface area contributed by atoms with Crippen LogP contribution in [-0.2, 0) is 9.47 Å². The van der Waals surface area contributed by atoms with E-state index in [2.05, 4.69) is 4.37 Å². The molecule has 1 aliphatic rings. The van der Waals surface area contributed by atoms with Gasteiger partial charge in [0.15, 0.2) is 5.82 Å². The quantitative estimate of drug-likeness (QED) is 0.842. The predicted octanol–water partition coefficient (Wildman–Crippen LogP) is 1.37. The lowest BCUT2D eigenvalue weighted by Crippen LogP contribution is -2.30. The molecular formula is C12H19N3O3S. The first-order valence-corrected chi connectivity index (χ1v) is 7.03. The highest BCUT2D eigenvalue weighted by Gasteiger charge is 2.24. The lowest BCUT2D eigenvalue weighted by molar-refractivity contribution is 0.0601.